The third kappa shape index (κ3) is 2.87. The molecule has 1 saturated heterocycles. The zero-order valence-electron chi connectivity index (χ0n) is 17.4. The Morgan fingerprint density at radius 1 is 1.25 bits per heavy atom. The standard InChI is InChI=1S/C24H22BrClN2O4/c1-2-23(8-9-23)20-24(17(12-19(29)27-20)13-4-3-5-15(26)10-13)16-7-6-14(25)11-18(16)28(21(24)30)22(31)32/h3-7,10-11,17,20H,2,8-9,12H2,1H3,(H,27,29)(H,31,32). The number of nitrogens with one attached hydrogen (secondary N) is 1. The van der Waals surface area contributed by atoms with Crippen molar-refractivity contribution in [2.75, 3.05) is 4.90 Å². The Kier molecular flexibility index (Phi) is 4.91. The molecule has 0 bridgehead atoms. The highest BCUT2D eigenvalue weighted by Gasteiger charge is 2.70. The van der Waals surface area contributed by atoms with Crippen LogP contribution < -0.4 is 10.2 Å². The molecule has 0 aromatic heterocycles. The topological polar surface area (TPSA) is 86.7 Å². The molecule has 6 nitrogen and oxygen atoms in total. The van der Waals surface area contributed by atoms with Gasteiger partial charge in [-0.25, -0.2) is 9.69 Å². The van der Waals surface area contributed by atoms with Gasteiger partial charge in [-0.2, -0.15) is 0 Å². The van der Waals surface area contributed by atoms with Crippen LogP contribution in [0.1, 0.15) is 49.7 Å². The van der Waals surface area contributed by atoms with Crippen LogP contribution in [0.4, 0.5) is 10.5 Å². The Hall–Kier alpha value is -2.38. The third-order valence-electron chi connectivity index (χ3n) is 7.55. The van der Waals surface area contributed by atoms with Crippen LogP contribution in [0, 0.1) is 5.41 Å². The quantitative estimate of drug-likeness (QED) is 0.584. The Labute approximate surface area is 199 Å². The lowest BCUT2D eigenvalue weighted by Crippen LogP contribution is -2.66. The Bertz CT molecular complexity index is 1160. The Morgan fingerprint density at radius 2 is 2.00 bits per heavy atom. The number of piperidine rings is 1. The van der Waals surface area contributed by atoms with Crippen molar-refractivity contribution in [3.05, 3.63) is 63.1 Å². The summed E-state index contributed by atoms with van der Waals surface area (Å²) in [5.74, 6) is -1.18. The highest BCUT2D eigenvalue weighted by molar-refractivity contribution is 9.10. The van der Waals surface area contributed by atoms with Crippen LogP contribution in [0.15, 0.2) is 46.9 Å². The van der Waals surface area contributed by atoms with Gasteiger partial charge in [0.15, 0.2) is 0 Å². The lowest BCUT2D eigenvalue weighted by molar-refractivity contribution is -0.134. The van der Waals surface area contributed by atoms with Crippen molar-refractivity contribution in [3.8, 4) is 0 Å². The molecule has 8 heteroatoms. The van der Waals surface area contributed by atoms with Crippen molar-refractivity contribution in [1.29, 1.82) is 0 Å². The summed E-state index contributed by atoms with van der Waals surface area (Å²) in [6.45, 7) is 2.06. The minimum atomic E-state index is -1.33. The van der Waals surface area contributed by atoms with E-state index in [0.29, 0.717) is 20.7 Å². The third-order valence-corrected chi connectivity index (χ3v) is 8.28. The SMILES string of the molecule is CCC1(C2NC(=O)CC(c3cccc(Cl)c3)C23C(=O)N(C(=O)O)c2cc(Br)ccc23)CC1. The maximum atomic E-state index is 14.2. The number of carbonyl (C=O) groups is 3. The van der Waals surface area contributed by atoms with Gasteiger partial charge in [0.25, 0.3) is 0 Å². The molecule has 3 unspecified atom stereocenters. The van der Waals surface area contributed by atoms with Crippen molar-refractivity contribution < 1.29 is 19.5 Å². The van der Waals surface area contributed by atoms with E-state index in [1.54, 1.807) is 24.3 Å². The van der Waals surface area contributed by atoms with Gasteiger partial charge in [-0.15, -0.1) is 0 Å². The van der Waals surface area contributed by atoms with E-state index in [1.807, 2.05) is 18.2 Å². The van der Waals surface area contributed by atoms with Crippen molar-refractivity contribution in [2.45, 2.75) is 50.0 Å². The molecule has 5 rings (SSSR count). The molecule has 166 valence electrons. The van der Waals surface area contributed by atoms with Crippen LogP contribution in [0.2, 0.25) is 5.02 Å². The summed E-state index contributed by atoms with van der Waals surface area (Å²) in [5.41, 5.74) is 0.263. The summed E-state index contributed by atoms with van der Waals surface area (Å²) in [6, 6.07) is 12.0. The molecule has 2 N–H and O–H groups in total. The van der Waals surface area contributed by atoms with E-state index in [1.165, 1.54) is 0 Å². The molecule has 2 heterocycles. The first-order valence-corrected chi connectivity index (χ1v) is 11.8. The summed E-state index contributed by atoms with van der Waals surface area (Å²) >= 11 is 9.72. The maximum absolute atomic E-state index is 14.2. The molecular weight excluding hydrogens is 496 g/mol. The van der Waals surface area contributed by atoms with E-state index >= 15 is 0 Å². The number of amides is 3. The number of rotatable bonds is 3. The molecule has 3 amide bonds. The van der Waals surface area contributed by atoms with E-state index in [9.17, 15) is 19.5 Å². The molecule has 3 atom stereocenters. The van der Waals surface area contributed by atoms with Crippen molar-refractivity contribution in [2.24, 2.45) is 5.41 Å². The van der Waals surface area contributed by atoms with Gasteiger partial charge < -0.3 is 10.4 Å². The molecule has 2 aliphatic heterocycles. The number of carboxylic acid groups (broad SMARTS) is 1. The highest BCUT2D eigenvalue weighted by Crippen LogP contribution is 2.64. The summed E-state index contributed by atoms with van der Waals surface area (Å²) in [4.78, 5) is 40.3. The van der Waals surface area contributed by atoms with Crippen LogP contribution >= 0.6 is 27.5 Å². The van der Waals surface area contributed by atoms with Crippen molar-refractivity contribution in [1.82, 2.24) is 5.32 Å². The molecule has 32 heavy (non-hydrogen) atoms. The lowest BCUT2D eigenvalue weighted by atomic mass is 9.57. The van der Waals surface area contributed by atoms with Crippen LogP contribution in [-0.2, 0) is 15.0 Å². The summed E-state index contributed by atoms with van der Waals surface area (Å²) in [7, 11) is 0. The molecule has 3 aliphatic rings. The number of hydrogen-bond donors (Lipinski definition) is 2. The van der Waals surface area contributed by atoms with Crippen LogP contribution in [-0.4, -0.2) is 29.1 Å². The summed E-state index contributed by atoms with van der Waals surface area (Å²) in [6.07, 6.45) is 1.29. The number of imide groups is 1. The van der Waals surface area contributed by atoms with Gasteiger partial charge in [0.05, 0.1) is 11.7 Å². The maximum Gasteiger partial charge on any atom is 0.418 e. The minimum Gasteiger partial charge on any atom is -0.464 e. The second-order valence-electron chi connectivity index (χ2n) is 8.98. The van der Waals surface area contributed by atoms with Crippen molar-refractivity contribution in [3.63, 3.8) is 0 Å². The number of carbonyl (C=O) groups excluding carboxylic acids is 2. The second kappa shape index (κ2) is 7.32. The van der Waals surface area contributed by atoms with Gasteiger partial charge in [0.1, 0.15) is 5.41 Å². The predicted octanol–water partition coefficient (Wildman–Crippen LogP) is 5.23. The molecule has 2 aromatic rings. The van der Waals surface area contributed by atoms with Gasteiger partial charge >= 0.3 is 6.09 Å². The van der Waals surface area contributed by atoms with Crippen LogP contribution in [0.25, 0.3) is 0 Å². The van der Waals surface area contributed by atoms with E-state index < -0.39 is 29.4 Å². The molecule has 1 saturated carbocycles. The van der Waals surface area contributed by atoms with E-state index in [0.717, 1.165) is 29.7 Å². The largest absolute Gasteiger partial charge is 0.464 e. The first-order chi connectivity index (χ1) is 15.2. The summed E-state index contributed by atoms with van der Waals surface area (Å²) in [5, 5.41) is 13.7. The average Bonchev–Trinajstić information content (AvgIpc) is 3.50. The van der Waals surface area contributed by atoms with E-state index in [2.05, 4.69) is 28.2 Å². The predicted molar refractivity (Wildman–Crippen MR) is 124 cm³/mol. The van der Waals surface area contributed by atoms with Crippen LogP contribution in [0.5, 0.6) is 0 Å². The number of anilines is 1. The molecule has 1 aliphatic carbocycles. The smallest absolute Gasteiger partial charge is 0.418 e. The van der Waals surface area contributed by atoms with Crippen molar-refractivity contribution >= 4 is 51.1 Å². The fourth-order valence-corrected chi connectivity index (χ4v) is 6.43. The Morgan fingerprint density at radius 3 is 2.62 bits per heavy atom. The first kappa shape index (κ1) is 21.5. The molecule has 1 spiro atoms. The average molecular weight is 518 g/mol. The molecule has 2 fully saturated rings. The zero-order valence-corrected chi connectivity index (χ0v) is 19.7. The monoisotopic (exact) mass is 516 g/mol. The minimum absolute atomic E-state index is 0.0747. The zero-order chi connectivity index (χ0) is 22.8. The van der Waals surface area contributed by atoms with Gasteiger partial charge in [0, 0.05) is 21.8 Å². The lowest BCUT2D eigenvalue weighted by Gasteiger charge is -2.49. The molecule has 2 aromatic carbocycles. The fraction of sp³-hybridized carbons (Fsp3) is 0.375. The van der Waals surface area contributed by atoms with Gasteiger partial charge in [-0.05, 0) is 60.1 Å². The highest BCUT2D eigenvalue weighted by atomic mass is 79.9. The number of fused-ring (bicyclic) bond motifs is 2. The first-order valence-electron chi connectivity index (χ1n) is 10.7. The molecular formula is C24H22BrClN2O4. The van der Waals surface area contributed by atoms with Gasteiger partial charge in [-0.3, -0.25) is 9.59 Å². The van der Waals surface area contributed by atoms with E-state index in [-0.39, 0.29) is 17.7 Å². The van der Waals surface area contributed by atoms with Gasteiger partial charge in [-0.1, -0.05) is 52.7 Å². The Balaban J connectivity index is 1.84. The number of nitrogens with zero attached hydrogens (tertiary/aromatic N) is 1. The van der Waals surface area contributed by atoms with E-state index in [4.69, 9.17) is 11.6 Å². The number of halogens is 2. The number of hydrogen-bond acceptors (Lipinski definition) is 3. The van der Waals surface area contributed by atoms with Crippen LogP contribution in [0.3, 0.4) is 0 Å². The van der Waals surface area contributed by atoms with Gasteiger partial charge in [0.2, 0.25) is 11.8 Å². The summed E-state index contributed by atoms with van der Waals surface area (Å²) < 4.78 is 0.680. The second-order valence-corrected chi connectivity index (χ2v) is 10.3. The number of benzene rings is 2. The normalized spacial score (nSPS) is 27.9. The fourth-order valence-electron chi connectivity index (χ4n) is 5.88. The molecule has 0 radical (unpaired) electrons.